The van der Waals surface area contributed by atoms with Crippen LogP contribution in [0.1, 0.15) is 34.1 Å². The average molecular weight is 593 g/mol. The van der Waals surface area contributed by atoms with Gasteiger partial charge in [0.1, 0.15) is 6.04 Å². The molecule has 1 atom stereocenters. The summed E-state index contributed by atoms with van der Waals surface area (Å²) in [6.45, 7) is 6.20. The van der Waals surface area contributed by atoms with Gasteiger partial charge in [0.15, 0.2) is 0 Å². The Bertz CT molecular complexity index is 1630. The van der Waals surface area contributed by atoms with Crippen LogP contribution in [0.5, 0.6) is 0 Å². The number of hydrogen-bond donors (Lipinski definition) is 2. The van der Waals surface area contributed by atoms with Crippen molar-refractivity contribution in [3.05, 3.63) is 86.8 Å². The molecule has 2 amide bonds. The van der Waals surface area contributed by atoms with Crippen molar-refractivity contribution in [2.75, 3.05) is 43.2 Å². The van der Waals surface area contributed by atoms with E-state index in [0.29, 0.717) is 52.4 Å². The SMILES string of the molecule is Cc1c2c(cc(=O)n1CCCN1CCOCC1)[C@@H](C(=O)Nc1ccc(Cl)cc1)NN(c1nc3ccccc3s1)C2=O. The maximum Gasteiger partial charge on any atom is 0.276 e. The highest BCUT2D eigenvalue weighted by Gasteiger charge is 2.39. The van der Waals surface area contributed by atoms with Gasteiger partial charge in [-0.1, -0.05) is 35.1 Å². The topological polar surface area (TPSA) is 109 Å². The van der Waals surface area contributed by atoms with Crippen LogP contribution in [0.25, 0.3) is 10.2 Å². The number of nitrogens with one attached hydrogen (secondary N) is 2. The number of hydrazine groups is 1. The number of morpholine rings is 1. The molecule has 41 heavy (non-hydrogen) atoms. The molecule has 0 radical (unpaired) electrons. The van der Waals surface area contributed by atoms with Crippen LogP contribution >= 0.6 is 22.9 Å². The summed E-state index contributed by atoms with van der Waals surface area (Å²) in [7, 11) is 0. The number of anilines is 2. The monoisotopic (exact) mass is 592 g/mol. The number of nitrogens with zero attached hydrogens (tertiary/aromatic N) is 4. The molecular formula is C29H29ClN6O4S. The Balaban J connectivity index is 1.36. The zero-order valence-electron chi connectivity index (χ0n) is 22.4. The summed E-state index contributed by atoms with van der Waals surface area (Å²) in [5, 5.41) is 5.16. The highest BCUT2D eigenvalue weighted by molar-refractivity contribution is 7.22. The number of fused-ring (bicyclic) bond motifs is 2. The number of benzene rings is 2. The van der Waals surface area contributed by atoms with Gasteiger partial charge < -0.3 is 14.6 Å². The summed E-state index contributed by atoms with van der Waals surface area (Å²) in [4.78, 5) is 48.0. The molecule has 2 N–H and O–H groups in total. The molecule has 6 rings (SSSR count). The molecule has 2 aromatic heterocycles. The molecule has 2 aromatic carbocycles. The van der Waals surface area contributed by atoms with Gasteiger partial charge in [0, 0.05) is 54.2 Å². The first kappa shape index (κ1) is 27.6. The van der Waals surface area contributed by atoms with Gasteiger partial charge in [0.05, 0.1) is 29.0 Å². The number of carbonyl (C=O) groups is 2. The van der Waals surface area contributed by atoms with E-state index in [2.05, 4.69) is 20.6 Å². The van der Waals surface area contributed by atoms with Crippen molar-refractivity contribution in [1.29, 1.82) is 0 Å². The van der Waals surface area contributed by atoms with Crippen LogP contribution in [0.4, 0.5) is 10.8 Å². The van der Waals surface area contributed by atoms with Crippen molar-refractivity contribution in [2.45, 2.75) is 25.9 Å². The van der Waals surface area contributed by atoms with Crippen LogP contribution < -0.4 is 21.3 Å². The summed E-state index contributed by atoms with van der Waals surface area (Å²) < 4.78 is 7.97. The first-order valence-electron chi connectivity index (χ1n) is 13.5. The van der Waals surface area contributed by atoms with Gasteiger partial charge in [0.2, 0.25) is 11.0 Å². The van der Waals surface area contributed by atoms with Crippen molar-refractivity contribution in [3.8, 4) is 0 Å². The lowest BCUT2D eigenvalue weighted by atomic mass is 9.96. The standard InChI is InChI=1S/C29H29ClN6O4S/c1-18-25-21(17-24(37)35(18)12-4-11-34-13-15-40-16-14-34)26(27(38)31-20-9-7-19(30)8-10-20)33-36(28(25)39)29-32-22-5-2-3-6-23(22)41-29/h2-3,5-10,17,26,33H,4,11-16H2,1H3,(H,31,38)/t26-/m0/s1. The van der Waals surface area contributed by atoms with E-state index in [9.17, 15) is 14.4 Å². The third-order valence-corrected chi connectivity index (χ3v) is 8.67. The molecule has 0 saturated carbocycles. The number of rotatable bonds is 7. The average Bonchev–Trinajstić information content (AvgIpc) is 3.40. The number of pyridine rings is 1. The minimum atomic E-state index is -1.01. The first-order valence-corrected chi connectivity index (χ1v) is 14.7. The lowest BCUT2D eigenvalue weighted by molar-refractivity contribution is -0.118. The number of ether oxygens (including phenoxy) is 1. The maximum absolute atomic E-state index is 14.0. The molecule has 4 heterocycles. The number of aromatic nitrogens is 2. The minimum absolute atomic E-state index is 0.254. The van der Waals surface area contributed by atoms with Gasteiger partial charge in [-0.3, -0.25) is 19.3 Å². The highest BCUT2D eigenvalue weighted by Crippen LogP contribution is 2.34. The summed E-state index contributed by atoms with van der Waals surface area (Å²) in [6.07, 6.45) is 0.744. The van der Waals surface area contributed by atoms with Gasteiger partial charge in [-0.05, 0) is 49.7 Å². The van der Waals surface area contributed by atoms with Crippen LogP contribution in [0.15, 0.2) is 59.4 Å². The summed E-state index contributed by atoms with van der Waals surface area (Å²) >= 11 is 7.36. The molecule has 0 aliphatic carbocycles. The van der Waals surface area contributed by atoms with E-state index < -0.39 is 11.9 Å². The number of carbonyl (C=O) groups excluding carboxylic acids is 2. The molecule has 1 saturated heterocycles. The second-order valence-electron chi connectivity index (χ2n) is 10.0. The summed E-state index contributed by atoms with van der Waals surface area (Å²) in [5.41, 5.74) is 5.28. The molecular weight excluding hydrogens is 564 g/mol. The Morgan fingerprint density at radius 3 is 2.63 bits per heavy atom. The molecule has 1 fully saturated rings. The van der Waals surface area contributed by atoms with E-state index in [4.69, 9.17) is 16.3 Å². The lowest BCUT2D eigenvalue weighted by Crippen LogP contribution is -2.54. The van der Waals surface area contributed by atoms with Gasteiger partial charge in [-0.25, -0.2) is 15.4 Å². The zero-order valence-corrected chi connectivity index (χ0v) is 24.0. The first-order chi connectivity index (χ1) is 19.9. The highest BCUT2D eigenvalue weighted by atomic mass is 35.5. The van der Waals surface area contributed by atoms with Crippen molar-refractivity contribution in [3.63, 3.8) is 0 Å². The van der Waals surface area contributed by atoms with Crippen LogP contribution in [-0.4, -0.2) is 59.1 Å². The quantitative estimate of drug-likeness (QED) is 0.334. The van der Waals surface area contributed by atoms with E-state index in [1.165, 1.54) is 22.4 Å². The number of thiazole rings is 1. The van der Waals surface area contributed by atoms with E-state index in [1.54, 1.807) is 35.8 Å². The zero-order chi connectivity index (χ0) is 28.5. The van der Waals surface area contributed by atoms with Gasteiger partial charge >= 0.3 is 0 Å². The smallest absolute Gasteiger partial charge is 0.276 e. The molecule has 212 valence electrons. The fourth-order valence-corrected chi connectivity index (χ4v) is 6.33. The Hall–Kier alpha value is -3.61. The molecule has 0 bridgehead atoms. The van der Waals surface area contributed by atoms with Crippen molar-refractivity contribution < 1.29 is 14.3 Å². The third kappa shape index (κ3) is 5.64. The second-order valence-corrected chi connectivity index (χ2v) is 11.5. The summed E-state index contributed by atoms with van der Waals surface area (Å²) in [5.74, 6) is -0.787. The normalized spacial score (nSPS) is 17.6. The van der Waals surface area contributed by atoms with Crippen molar-refractivity contribution in [1.82, 2.24) is 19.9 Å². The molecule has 2 aliphatic rings. The van der Waals surface area contributed by atoms with Crippen LogP contribution in [0.3, 0.4) is 0 Å². The number of amides is 2. The van der Waals surface area contributed by atoms with Crippen molar-refractivity contribution in [2.24, 2.45) is 0 Å². The fourth-order valence-electron chi connectivity index (χ4n) is 5.27. The second kappa shape index (κ2) is 11.7. The molecule has 0 unspecified atom stereocenters. The van der Waals surface area contributed by atoms with E-state index >= 15 is 0 Å². The third-order valence-electron chi connectivity index (χ3n) is 7.39. The van der Waals surface area contributed by atoms with E-state index in [-0.39, 0.29) is 11.5 Å². The van der Waals surface area contributed by atoms with Gasteiger partial charge in [-0.15, -0.1) is 0 Å². The van der Waals surface area contributed by atoms with Crippen LogP contribution in [-0.2, 0) is 16.1 Å². The molecule has 12 heteroatoms. The number of halogens is 1. The molecule has 2 aliphatic heterocycles. The Labute approximate surface area is 245 Å². The predicted octanol–water partition coefficient (Wildman–Crippen LogP) is 3.99. The fraction of sp³-hybridized carbons (Fsp3) is 0.310. The van der Waals surface area contributed by atoms with Crippen LogP contribution in [0.2, 0.25) is 5.02 Å². The predicted molar refractivity (Wildman–Crippen MR) is 160 cm³/mol. The summed E-state index contributed by atoms with van der Waals surface area (Å²) in [6, 6.07) is 14.7. The van der Waals surface area contributed by atoms with Gasteiger partial charge in [0.25, 0.3) is 11.5 Å². The number of para-hydroxylation sites is 1. The molecule has 0 spiro atoms. The van der Waals surface area contributed by atoms with Crippen LogP contribution in [0, 0.1) is 6.92 Å². The Morgan fingerprint density at radius 2 is 1.88 bits per heavy atom. The van der Waals surface area contributed by atoms with E-state index in [1.807, 2.05) is 24.3 Å². The van der Waals surface area contributed by atoms with E-state index in [0.717, 1.165) is 36.3 Å². The molecule has 4 aromatic rings. The maximum atomic E-state index is 14.0. The Morgan fingerprint density at radius 1 is 1.12 bits per heavy atom. The number of hydrogen-bond acceptors (Lipinski definition) is 8. The molecule has 10 nitrogen and oxygen atoms in total. The lowest BCUT2D eigenvalue weighted by Gasteiger charge is -2.34. The minimum Gasteiger partial charge on any atom is -0.379 e. The van der Waals surface area contributed by atoms with Gasteiger partial charge in [-0.2, -0.15) is 0 Å². The van der Waals surface area contributed by atoms with Crippen molar-refractivity contribution >= 4 is 55.8 Å². The Kier molecular flexibility index (Phi) is 7.87. The largest absolute Gasteiger partial charge is 0.379 e.